The van der Waals surface area contributed by atoms with Gasteiger partial charge in [0.1, 0.15) is 17.6 Å². The van der Waals surface area contributed by atoms with Crippen molar-refractivity contribution in [2.24, 2.45) is 0 Å². The number of imidazole rings is 1. The van der Waals surface area contributed by atoms with E-state index in [1.165, 1.54) is 6.92 Å². The second-order valence-corrected chi connectivity index (χ2v) is 10.9. The minimum atomic E-state index is -4.65. The van der Waals surface area contributed by atoms with Crippen LogP contribution in [0.25, 0.3) is 11.0 Å². The first-order valence-electron chi connectivity index (χ1n) is 12.5. The van der Waals surface area contributed by atoms with Crippen LogP contribution in [0.5, 0.6) is 0 Å². The maximum Gasteiger partial charge on any atom is 0.416 e. The van der Waals surface area contributed by atoms with Gasteiger partial charge < -0.3 is 30.0 Å². The molecule has 4 rings (SSSR count). The molecule has 0 spiro atoms. The number of hydrogen-bond acceptors (Lipinski definition) is 8. The molecule has 218 valence electrons. The van der Waals surface area contributed by atoms with Crippen LogP contribution in [0.1, 0.15) is 67.3 Å². The van der Waals surface area contributed by atoms with E-state index in [2.05, 4.69) is 35.5 Å². The van der Waals surface area contributed by atoms with Gasteiger partial charge in [-0.25, -0.2) is 14.4 Å². The third kappa shape index (κ3) is 6.04. The minimum absolute atomic E-state index is 0.118. The summed E-state index contributed by atoms with van der Waals surface area (Å²) in [5.41, 5.74) is -1.01. The van der Waals surface area contributed by atoms with Crippen LogP contribution in [0.4, 0.5) is 18.0 Å². The minimum Gasteiger partial charge on any atom is -0.382 e. The number of nitrogens with zero attached hydrogens (tertiary/aromatic N) is 4. The molecule has 3 N–H and O–H groups in total. The zero-order valence-corrected chi connectivity index (χ0v) is 23.0. The molecule has 2 atom stereocenters. The fourth-order valence-electron chi connectivity index (χ4n) is 4.32. The molecule has 3 aromatic rings. The molecule has 40 heavy (non-hydrogen) atoms. The molecule has 0 radical (unpaired) electrons. The van der Waals surface area contributed by atoms with E-state index in [1.54, 1.807) is 30.2 Å². The van der Waals surface area contributed by atoms with Gasteiger partial charge in [-0.3, -0.25) is 4.79 Å². The molecule has 0 saturated carbocycles. The highest BCUT2D eigenvalue weighted by Crippen LogP contribution is 2.34. The molecule has 12 nitrogen and oxygen atoms in total. The predicted octanol–water partition coefficient (Wildman–Crippen LogP) is 3.57. The highest BCUT2D eigenvalue weighted by Gasteiger charge is 2.49. The lowest BCUT2D eigenvalue weighted by atomic mass is 10.0. The van der Waals surface area contributed by atoms with Crippen LogP contribution in [-0.4, -0.2) is 81.3 Å². The summed E-state index contributed by atoms with van der Waals surface area (Å²) in [6.45, 7) is 7.29. The normalized spacial score (nSPS) is 17.2. The Labute approximate surface area is 227 Å². The van der Waals surface area contributed by atoms with E-state index in [9.17, 15) is 22.8 Å². The number of amides is 3. The largest absolute Gasteiger partial charge is 0.416 e. The molecule has 15 heteroatoms. The number of aromatic amines is 1. The number of rotatable bonds is 10. The van der Waals surface area contributed by atoms with Gasteiger partial charge >= 0.3 is 12.2 Å². The van der Waals surface area contributed by atoms with Crippen molar-refractivity contribution in [3.8, 4) is 0 Å². The van der Waals surface area contributed by atoms with Gasteiger partial charge in [0, 0.05) is 13.7 Å². The second-order valence-electron chi connectivity index (χ2n) is 10.9. The number of H-pyrrole nitrogens is 1. The van der Waals surface area contributed by atoms with Crippen LogP contribution < -0.4 is 10.6 Å². The molecule has 1 saturated heterocycles. The first-order valence-corrected chi connectivity index (χ1v) is 12.5. The van der Waals surface area contributed by atoms with E-state index < -0.39 is 41.9 Å². The molecule has 3 heterocycles. The molecule has 1 fully saturated rings. The zero-order valence-electron chi connectivity index (χ0n) is 23.0. The Morgan fingerprint density at radius 3 is 2.55 bits per heavy atom. The van der Waals surface area contributed by atoms with Gasteiger partial charge in [-0.05, 0) is 57.5 Å². The van der Waals surface area contributed by atoms with Gasteiger partial charge in [0.2, 0.25) is 0 Å². The Morgan fingerprint density at radius 1 is 1.25 bits per heavy atom. The van der Waals surface area contributed by atoms with Gasteiger partial charge in [-0.2, -0.15) is 13.2 Å². The average Bonchev–Trinajstić information content (AvgIpc) is 3.54. The molecular formula is C25H32F3N7O5. The highest BCUT2D eigenvalue weighted by molar-refractivity contribution is 5.93. The average molecular weight is 568 g/mol. The molecule has 3 amide bonds. The van der Waals surface area contributed by atoms with E-state index in [1.807, 2.05) is 13.8 Å². The van der Waals surface area contributed by atoms with E-state index in [0.717, 1.165) is 19.4 Å². The topological polar surface area (TPSA) is 147 Å². The summed E-state index contributed by atoms with van der Waals surface area (Å²) in [4.78, 5) is 34.8. The number of nitrogens with one attached hydrogen (secondary N) is 3. The van der Waals surface area contributed by atoms with Gasteiger partial charge in [0.05, 0.1) is 35.8 Å². The lowest BCUT2D eigenvalue weighted by Crippen LogP contribution is -2.44. The van der Waals surface area contributed by atoms with Crippen LogP contribution in [0.15, 0.2) is 22.8 Å². The number of carbonyl (C=O) groups excluding carboxylic acids is 2. The molecule has 1 aliphatic heterocycles. The van der Waals surface area contributed by atoms with E-state index in [0.29, 0.717) is 17.6 Å². The van der Waals surface area contributed by atoms with Crippen molar-refractivity contribution in [2.45, 2.75) is 64.0 Å². The Morgan fingerprint density at radius 2 is 1.98 bits per heavy atom. The van der Waals surface area contributed by atoms with Crippen molar-refractivity contribution in [1.29, 1.82) is 0 Å². The summed E-state index contributed by atoms with van der Waals surface area (Å²) in [5.74, 6) is -0.558. The highest BCUT2D eigenvalue weighted by atomic mass is 19.4. The van der Waals surface area contributed by atoms with Crippen LogP contribution in [-0.2, 0) is 9.47 Å². The van der Waals surface area contributed by atoms with Crippen molar-refractivity contribution in [3.63, 3.8) is 0 Å². The summed E-state index contributed by atoms with van der Waals surface area (Å²) in [5, 5.41) is 12.7. The van der Waals surface area contributed by atoms with Crippen molar-refractivity contribution in [3.05, 3.63) is 41.0 Å². The summed E-state index contributed by atoms with van der Waals surface area (Å²) < 4.78 is 55.6. The number of benzene rings is 1. The number of fused-ring (bicyclic) bond motifs is 1. The molecule has 1 aromatic carbocycles. The summed E-state index contributed by atoms with van der Waals surface area (Å²) in [6, 6.07) is 3.58. The zero-order chi connectivity index (χ0) is 29.5. The van der Waals surface area contributed by atoms with E-state index in [-0.39, 0.29) is 29.9 Å². The maximum absolute atomic E-state index is 13.5. The number of carbonyl (C=O) groups is 2. The van der Waals surface area contributed by atoms with E-state index >= 15 is 0 Å². The van der Waals surface area contributed by atoms with Crippen molar-refractivity contribution in [2.75, 3.05) is 26.9 Å². The molecule has 1 aliphatic rings. The lowest BCUT2D eigenvalue weighted by Gasteiger charge is -2.29. The van der Waals surface area contributed by atoms with Crippen molar-refractivity contribution >= 4 is 23.0 Å². The van der Waals surface area contributed by atoms with Gasteiger partial charge in [0.15, 0.2) is 11.3 Å². The summed E-state index contributed by atoms with van der Waals surface area (Å²) in [7, 11) is 1.54. The fourth-order valence-corrected chi connectivity index (χ4v) is 4.32. The van der Waals surface area contributed by atoms with Crippen molar-refractivity contribution in [1.82, 2.24) is 35.8 Å². The van der Waals surface area contributed by atoms with Gasteiger partial charge in [0.25, 0.3) is 5.91 Å². The molecule has 0 unspecified atom stereocenters. The van der Waals surface area contributed by atoms with Crippen LogP contribution in [0.2, 0.25) is 0 Å². The third-order valence-corrected chi connectivity index (χ3v) is 6.68. The Balaban J connectivity index is 1.65. The number of aryl methyl sites for hydroxylation is 1. The van der Waals surface area contributed by atoms with Gasteiger partial charge in [-0.1, -0.05) is 11.2 Å². The van der Waals surface area contributed by atoms with Crippen LogP contribution >= 0.6 is 0 Å². The number of halogens is 3. The summed E-state index contributed by atoms with van der Waals surface area (Å²) in [6.07, 6.45) is -4.65. The Kier molecular flexibility index (Phi) is 7.82. The predicted molar refractivity (Wildman–Crippen MR) is 135 cm³/mol. The van der Waals surface area contributed by atoms with Gasteiger partial charge in [-0.15, -0.1) is 0 Å². The third-order valence-electron chi connectivity index (χ3n) is 6.68. The number of alkyl halides is 3. The Bertz CT molecular complexity index is 1380. The fraction of sp³-hybridized carbons (Fsp3) is 0.560. The number of aromatic nitrogens is 4. The van der Waals surface area contributed by atoms with E-state index in [4.69, 9.17) is 9.47 Å². The monoisotopic (exact) mass is 567 g/mol. The molecular weight excluding hydrogens is 535 g/mol. The standard InChI is InChI=1S/C25H32F3N7O5/c1-13-19(34-40-33-13)21(36)31-17(10-39-24(4,5)25(26,27)28)20-29-15-8-7-14(9-16(15)30-20)18(11-38-6)35-12-23(2,3)32-22(35)37/h7-9,17-18H,10-12H2,1-6H3,(H,29,30)(H,31,36)(H,32,37)/t17-,18+/m0/s1. The number of methoxy groups -OCH3 is 1. The first-order chi connectivity index (χ1) is 18.6. The Hall–Kier alpha value is -3.72. The molecule has 2 aromatic heterocycles. The smallest absolute Gasteiger partial charge is 0.382 e. The summed E-state index contributed by atoms with van der Waals surface area (Å²) >= 11 is 0. The lowest BCUT2D eigenvalue weighted by molar-refractivity contribution is -0.265. The quantitative estimate of drug-likeness (QED) is 0.337. The van der Waals surface area contributed by atoms with Crippen molar-refractivity contribution < 1.29 is 36.9 Å². The number of hydrogen-bond donors (Lipinski definition) is 3. The SMILES string of the molecule is COC[C@H](c1ccc2nc([C@H](COC(C)(C)C(F)(F)F)NC(=O)c3nonc3C)[nH]c2c1)N1CC(C)(C)NC1=O. The first kappa shape index (κ1) is 29.3. The van der Waals surface area contributed by atoms with Crippen LogP contribution in [0, 0.1) is 6.92 Å². The number of ether oxygens (including phenoxy) is 2. The second kappa shape index (κ2) is 10.7. The maximum atomic E-state index is 13.5. The van der Waals surface area contributed by atoms with Crippen LogP contribution in [0.3, 0.4) is 0 Å². The number of urea groups is 1. The molecule has 0 bridgehead atoms. The molecule has 0 aliphatic carbocycles.